The van der Waals surface area contributed by atoms with E-state index in [1.54, 1.807) is 0 Å². The van der Waals surface area contributed by atoms with Crippen LogP contribution in [0.4, 0.5) is 0 Å². The maximum atomic E-state index is 4.55. The van der Waals surface area contributed by atoms with E-state index < -0.39 is 0 Å². The van der Waals surface area contributed by atoms with Crippen LogP contribution in [0.2, 0.25) is 0 Å². The second kappa shape index (κ2) is 4.84. The average molecular weight is 230 g/mol. The molecule has 0 saturated carbocycles. The predicted molar refractivity (Wildman–Crippen MR) is 66.7 cm³/mol. The molecule has 17 heavy (non-hydrogen) atoms. The Hall–Kier alpha value is -1.42. The molecule has 0 amide bonds. The largest absolute Gasteiger partial charge is 0.296 e. The van der Waals surface area contributed by atoms with Crippen LogP contribution in [0, 0.1) is 0 Å². The first kappa shape index (κ1) is 10.7. The number of hydrogen-bond acceptors (Lipinski definition) is 3. The molecule has 0 N–H and O–H groups in total. The number of fused-ring (bicyclic) bond motifs is 1. The highest BCUT2D eigenvalue weighted by atomic mass is 15.3. The summed E-state index contributed by atoms with van der Waals surface area (Å²) in [5.74, 6) is 0.943. The molecule has 0 aromatic carbocycles. The summed E-state index contributed by atoms with van der Waals surface area (Å²) in [7, 11) is 0. The van der Waals surface area contributed by atoms with Gasteiger partial charge in [-0.15, -0.1) is 5.10 Å². The Kier molecular flexibility index (Phi) is 3.05. The van der Waals surface area contributed by atoms with E-state index in [0.29, 0.717) is 0 Å². The van der Waals surface area contributed by atoms with Crippen molar-refractivity contribution in [3.63, 3.8) is 0 Å². The summed E-state index contributed by atoms with van der Waals surface area (Å²) in [5, 5.41) is 4.50. The molecule has 0 aliphatic carbocycles. The molecule has 2 aromatic heterocycles. The zero-order chi connectivity index (χ0) is 11.5. The SMILES string of the molecule is c1ccn2nc(CN3CCCCCC3)nc2c1. The lowest BCUT2D eigenvalue weighted by molar-refractivity contribution is 0.270. The van der Waals surface area contributed by atoms with Gasteiger partial charge in [0.25, 0.3) is 0 Å². The molecule has 3 rings (SSSR count). The minimum atomic E-state index is 0.891. The molecule has 1 aliphatic heterocycles. The number of hydrogen-bond donors (Lipinski definition) is 0. The van der Waals surface area contributed by atoms with Gasteiger partial charge >= 0.3 is 0 Å². The summed E-state index contributed by atoms with van der Waals surface area (Å²) in [4.78, 5) is 7.02. The van der Waals surface area contributed by atoms with Gasteiger partial charge in [0.1, 0.15) is 0 Å². The summed E-state index contributed by atoms with van der Waals surface area (Å²) in [6.45, 7) is 3.27. The monoisotopic (exact) mass is 230 g/mol. The Morgan fingerprint density at radius 2 is 1.88 bits per heavy atom. The van der Waals surface area contributed by atoms with Gasteiger partial charge in [-0.1, -0.05) is 18.9 Å². The van der Waals surface area contributed by atoms with E-state index in [2.05, 4.69) is 15.0 Å². The summed E-state index contributed by atoms with van der Waals surface area (Å²) in [6, 6.07) is 5.98. The van der Waals surface area contributed by atoms with E-state index in [-0.39, 0.29) is 0 Å². The van der Waals surface area contributed by atoms with Crippen molar-refractivity contribution in [3.8, 4) is 0 Å². The Balaban J connectivity index is 1.75. The molecule has 4 heteroatoms. The van der Waals surface area contributed by atoms with E-state index in [9.17, 15) is 0 Å². The molecule has 0 atom stereocenters. The van der Waals surface area contributed by atoms with Gasteiger partial charge in [0.2, 0.25) is 0 Å². The van der Waals surface area contributed by atoms with Crippen molar-refractivity contribution < 1.29 is 0 Å². The fraction of sp³-hybridized carbons (Fsp3) is 0.538. The smallest absolute Gasteiger partial charge is 0.165 e. The lowest BCUT2D eigenvalue weighted by Gasteiger charge is -2.17. The van der Waals surface area contributed by atoms with E-state index in [0.717, 1.165) is 18.0 Å². The minimum Gasteiger partial charge on any atom is -0.296 e. The van der Waals surface area contributed by atoms with Crippen LogP contribution in [0.15, 0.2) is 24.4 Å². The molecule has 0 unspecified atom stereocenters. The molecule has 4 nitrogen and oxygen atoms in total. The molecule has 0 bridgehead atoms. The van der Waals surface area contributed by atoms with Crippen molar-refractivity contribution in [1.82, 2.24) is 19.5 Å². The standard InChI is InChI=1S/C13H18N4/c1-2-5-9-16(8-4-1)11-12-14-13-7-3-6-10-17(13)15-12/h3,6-7,10H,1-2,4-5,8-9,11H2. The van der Waals surface area contributed by atoms with Gasteiger partial charge in [-0.05, 0) is 38.1 Å². The van der Waals surface area contributed by atoms with Crippen LogP contribution in [-0.2, 0) is 6.54 Å². The number of pyridine rings is 1. The zero-order valence-electron chi connectivity index (χ0n) is 10.0. The van der Waals surface area contributed by atoms with Crippen LogP contribution in [-0.4, -0.2) is 32.6 Å². The van der Waals surface area contributed by atoms with Crippen LogP contribution in [0.3, 0.4) is 0 Å². The molecule has 0 radical (unpaired) electrons. The highest BCUT2D eigenvalue weighted by Crippen LogP contribution is 2.12. The van der Waals surface area contributed by atoms with Crippen LogP contribution in [0.5, 0.6) is 0 Å². The Morgan fingerprint density at radius 3 is 2.65 bits per heavy atom. The summed E-state index contributed by atoms with van der Waals surface area (Å²) in [5.41, 5.74) is 0.942. The lowest BCUT2D eigenvalue weighted by atomic mass is 10.2. The number of likely N-dealkylation sites (tertiary alicyclic amines) is 1. The van der Waals surface area contributed by atoms with Crippen LogP contribution in [0.1, 0.15) is 31.5 Å². The summed E-state index contributed by atoms with van der Waals surface area (Å²) < 4.78 is 1.85. The molecular formula is C13H18N4. The third-order valence-electron chi connectivity index (χ3n) is 3.35. The van der Waals surface area contributed by atoms with Crippen molar-refractivity contribution in [2.75, 3.05) is 13.1 Å². The molecule has 1 aliphatic rings. The van der Waals surface area contributed by atoms with Gasteiger partial charge < -0.3 is 0 Å². The third kappa shape index (κ3) is 2.47. The molecular weight excluding hydrogens is 212 g/mol. The Morgan fingerprint density at radius 1 is 1.06 bits per heavy atom. The first-order chi connectivity index (χ1) is 8.42. The predicted octanol–water partition coefficient (Wildman–Crippen LogP) is 2.11. The maximum Gasteiger partial charge on any atom is 0.165 e. The molecule has 3 heterocycles. The van der Waals surface area contributed by atoms with Crippen molar-refractivity contribution in [2.45, 2.75) is 32.2 Å². The number of aromatic nitrogens is 3. The fourth-order valence-electron chi connectivity index (χ4n) is 2.44. The Labute approximate surface area is 101 Å². The topological polar surface area (TPSA) is 33.4 Å². The first-order valence-electron chi connectivity index (χ1n) is 6.44. The van der Waals surface area contributed by atoms with Gasteiger partial charge in [-0.2, -0.15) is 0 Å². The van der Waals surface area contributed by atoms with Gasteiger partial charge in [-0.25, -0.2) is 9.50 Å². The fourth-order valence-corrected chi connectivity index (χ4v) is 2.44. The van der Waals surface area contributed by atoms with Crippen LogP contribution >= 0.6 is 0 Å². The molecule has 2 aromatic rings. The minimum absolute atomic E-state index is 0.891. The van der Waals surface area contributed by atoms with Gasteiger partial charge in [0, 0.05) is 6.20 Å². The molecule has 0 spiro atoms. The van der Waals surface area contributed by atoms with Crippen molar-refractivity contribution in [3.05, 3.63) is 30.2 Å². The third-order valence-corrected chi connectivity index (χ3v) is 3.35. The van der Waals surface area contributed by atoms with Gasteiger partial charge in [0.05, 0.1) is 6.54 Å². The maximum absolute atomic E-state index is 4.55. The highest BCUT2D eigenvalue weighted by molar-refractivity contribution is 5.36. The molecule has 90 valence electrons. The average Bonchev–Trinajstić information content (AvgIpc) is 2.57. The quantitative estimate of drug-likeness (QED) is 0.792. The second-order valence-electron chi connectivity index (χ2n) is 4.72. The van der Waals surface area contributed by atoms with E-state index in [4.69, 9.17) is 0 Å². The van der Waals surface area contributed by atoms with Crippen LogP contribution in [0.25, 0.3) is 5.65 Å². The van der Waals surface area contributed by atoms with Gasteiger partial charge in [0.15, 0.2) is 11.5 Å². The zero-order valence-corrected chi connectivity index (χ0v) is 10.0. The summed E-state index contributed by atoms with van der Waals surface area (Å²) in [6.07, 6.45) is 7.32. The van der Waals surface area contributed by atoms with Crippen molar-refractivity contribution in [2.24, 2.45) is 0 Å². The van der Waals surface area contributed by atoms with E-state index in [1.807, 2.05) is 28.9 Å². The number of rotatable bonds is 2. The first-order valence-corrected chi connectivity index (χ1v) is 6.44. The van der Waals surface area contributed by atoms with E-state index >= 15 is 0 Å². The normalized spacial score (nSPS) is 18.4. The second-order valence-corrected chi connectivity index (χ2v) is 4.72. The van der Waals surface area contributed by atoms with E-state index in [1.165, 1.54) is 38.8 Å². The van der Waals surface area contributed by atoms with Crippen molar-refractivity contribution >= 4 is 5.65 Å². The lowest BCUT2D eigenvalue weighted by Crippen LogP contribution is -2.24. The Bertz CT molecular complexity index is 450. The van der Waals surface area contributed by atoms with Crippen molar-refractivity contribution in [1.29, 1.82) is 0 Å². The summed E-state index contributed by atoms with van der Waals surface area (Å²) >= 11 is 0. The molecule has 1 saturated heterocycles. The van der Waals surface area contributed by atoms with Gasteiger partial charge in [-0.3, -0.25) is 4.90 Å². The van der Waals surface area contributed by atoms with Crippen LogP contribution < -0.4 is 0 Å². The number of nitrogens with zero attached hydrogens (tertiary/aromatic N) is 4. The molecule has 1 fully saturated rings. The highest BCUT2D eigenvalue weighted by Gasteiger charge is 2.12.